The summed E-state index contributed by atoms with van der Waals surface area (Å²) in [5.41, 5.74) is -5.07. The molecule has 578 valence electrons. The molecule has 3 rings (SSSR count). The highest BCUT2D eigenvalue weighted by molar-refractivity contribution is 6.00. The number of carbonyl (C=O) groups excluding carboxylic acids is 12. The van der Waals surface area contributed by atoms with E-state index in [0.29, 0.717) is 50.9 Å². The van der Waals surface area contributed by atoms with Gasteiger partial charge in [0.15, 0.2) is 0 Å². The first kappa shape index (κ1) is 88.7. The van der Waals surface area contributed by atoms with Gasteiger partial charge in [-0.25, -0.2) is 4.39 Å². The van der Waals surface area contributed by atoms with Crippen LogP contribution in [0.25, 0.3) is 0 Å². The first-order valence-corrected chi connectivity index (χ1v) is 35.2. The molecule has 27 nitrogen and oxygen atoms in total. The molecule has 2 aliphatic rings. The van der Waals surface area contributed by atoms with Crippen LogP contribution in [-0.4, -0.2) is 289 Å². The molecule has 0 aliphatic carbocycles. The van der Waals surface area contributed by atoms with E-state index >= 15 is 18.8 Å². The van der Waals surface area contributed by atoms with Crippen molar-refractivity contribution in [1.82, 2.24) is 60.0 Å². The van der Waals surface area contributed by atoms with E-state index in [1.165, 1.54) is 81.9 Å². The largest absolute Gasteiger partial charge is 0.419 e. The molecule has 1 aromatic rings. The quantitative estimate of drug-likeness (QED) is 0.114. The smallest absolute Gasteiger partial charge is 0.388 e. The number of hydrogen-bond donors (Lipinski definition) is 4. The number of likely N-dealkylation sites (tertiary alicyclic amines) is 1. The van der Waals surface area contributed by atoms with E-state index in [4.69, 9.17) is 9.47 Å². The highest BCUT2D eigenvalue weighted by Crippen LogP contribution is 2.32. The molecule has 0 unspecified atom stereocenters. The summed E-state index contributed by atoms with van der Waals surface area (Å²) < 4.78 is 67.9. The number of carbonyl (C=O) groups is 12. The Labute approximate surface area is 599 Å². The maximum Gasteiger partial charge on any atom is 0.419 e. The number of likely N-dealkylation sites (N-methyl/N-ethyl adjacent to an activating group) is 8. The number of halogens is 4. The Hall–Kier alpha value is -7.54. The Morgan fingerprint density at radius 2 is 1.19 bits per heavy atom. The molecule has 0 aromatic heterocycles. The molecule has 0 radical (unpaired) electrons. The summed E-state index contributed by atoms with van der Waals surface area (Å²) in [4.78, 5) is 187. The lowest BCUT2D eigenvalue weighted by molar-refractivity contribution is -0.155. The van der Waals surface area contributed by atoms with Crippen molar-refractivity contribution in [1.29, 1.82) is 0 Å². The maximum atomic E-state index is 15.4. The minimum atomic E-state index is -5.06. The molecule has 8 atom stereocenters. The van der Waals surface area contributed by atoms with Gasteiger partial charge in [0.05, 0.1) is 57.0 Å². The van der Waals surface area contributed by atoms with Crippen molar-refractivity contribution in [3.63, 3.8) is 0 Å². The topological polar surface area (TPSA) is 309 Å². The second-order valence-electron chi connectivity index (χ2n) is 29.9. The molecule has 2 aliphatic heterocycles. The number of nitrogens with zero attached hydrogens (tertiary/aromatic N) is 9. The average Bonchev–Trinajstić information content (AvgIpc) is 0.801. The molecular formula is C71H116F4N12O15. The van der Waals surface area contributed by atoms with Crippen molar-refractivity contribution in [3.8, 4) is 0 Å². The standard InChI is InChI=1S/C71H116F4N12O15/c1-21-46(8)60-67(98)81(15)38-58(90)79(13)39-59(91)83(17)55(41-101-32-29-43(2)3)64(95)80(14)37-56(88)76-50(28-26-47-25-27-48(49(72)35-47)71(73,74)75)63(94)85(19)54(40-102-42-69(9,10)100)62(93)78-70(11,12)68(99)86(20)52(34-45(6)7)65(96)84(18)53(66(97)87-30-23-22-24-31-87)36-57(89)82(16)51(33-44(4)5)61(92)77-60/h25,27,35,43-46,50-55,60,100H,21-24,26,28-34,36-42H2,1-20H3,(H,76,88)(H,77,92)(H,78,93)/t46-,50-,51-,52-,53-,54-,55-,60-/m0/s1. The Balaban J connectivity index is 2.37. The van der Waals surface area contributed by atoms with Crippen LogP contribution in [0.3, 0.4) is 0 Å². The van der Waals surface area contributed by atoms with Gasteiger partial charge in [-0.1, -0.05) is 67.9 Å². The van der Waals surface area contributed by atoms with Gasteiger partial charge in [-0.2, -0.15) is 13.2 Å². The number of alkyl halides is 3. The molecule has 0 saturated carbocycles. The molecule has 0 spiro atoms. The first-order chi connectivity index (χ1) is 47.2. The zero-order chi connectivity index (χ0) is 77.8. The maximum absolute atomic E-state index is 15.4. The second kappa shape index (κ2) is 39.4. The Bertz CT molecular complexity index is 3070. The van der Waals surface area contributed by atoms with E-state index in [1.807, 2.05) is 27.7 Å². The number of amides is 12. The summed E-state index contributed by atoms with van der Waals surface area (Å²) in [6.45, 7) is 17.3. The van der Waals surface area contributed by atoms with E-state index < -0.39 is 200 Å². The van der Waals surface area contributed by atoms with Crippen molar-refractivity contribution in [3.05, 3.63) is 35.1 Å². The first-order valence-electron chi connectivity index (χ1n) is 35.2. The minimum Gasteiger partial charge on any atom is -0.388 e. The van der Waals surface area contributed by atoms with Crippen LogP contribution in [-0.2, 0) is 79.6 Å². The predicted molar refractivity (Wildman–Crippen MR) is 372 cm³/mol. The van der Waals surface area contributed by atoms with Crippen LogP contribution in [0, 0.1) is 29.5 Å². The van der Waals surface area contributed by atoms with Gasteiger partial charge in [0.2, 0.25) is 70.9 Å². The van der Waals surface area contributed by atoms with Gasteiger partial charge in [0, 0.05) is 76.1 Å². The molecule has 2 heterocycles. The van der Waals surface area contributed by atoms with Crippen molar-refractivity contribution < 1.29 is 89.7 Å². The average molecular weight is 1450 g/mol. The summed E-state index contributed by atoms with van der Waals surface area (Å²) in [6.07, 6.45) is -3.43. The van der Waals surface area contributed by atoms with E-state index in [1.54, 1.807) is 32.6 Å². The van der Waals surface area contributed by atoms with Crippen LogP contribution in [0.4, 0.5) is 17.6 Å². The monoisotopic (exact) mass is 1450 g/mol. The van der Waals surface area contributed by atoms with Gasteiger partial charge in [0.25, 0.3) is 0 Å². The molecule has 4 N–H and O–H groups in total. The summed E-state index contributed by atoms with van der Waals surface area (Å²) in [6, 6.07) is -8.11. The minimum absolute atomic E-state index is 0.00828. The van der Waals surface area contributed by atoms with Gasteiger partial charge in [0.1, 0.15) is 53.6 Å². The van der Waals surface area contributed by atoms with Gasteiger partial charge in [-0.05, 0) is 120 Å². The lowest BCUT2D eigenvalue weighted by atomic mass is 9.95. The van der Waals surface area contributed by atoms with Crippen LogP contribution in [0.2, 0.25) is 0 Å². The fraction of sp³-hybridized carbons (Fsp3) is 0.746. The zero-order valence-electron chi connectivity index (χ0n) is 63.7. The SMILES string of the molecule is CC[C@H](C)[C@@H]1NC(=O)[C@H](CC(C)C)N(C)C(=O)C[C@@H](C(=O)N2CCCCC2)N(C)C(=O)[C@H](CC(C)C)N(C)C(=O)C(C)(C)NC(=O)[C@H](COCC(C)(C)O)N(C)C(=O)[C@H](CCc2ccc(C(F)(F)F)c(F)c2)NC(=O)CN(C)C(=O)[C@H](COCCC(C)C)N(C)C(=O)CN(C)C(=O)CN(C)C1=O. The van der Waals surface area contributed by atoms with Crippen LogP contribution < -0.4 is 16.0 Å². The number of aryl methyl sites for hydroxylation is 1. The summed E-state index contributed by atoms with van der Waals surface area (Å²) >= 11 is 0. The van der Waals surface area contributed by atoms with Crippen molar-refractivity contribution in [2.45, 2.75) is 207 Å². The van der Waals surface area contributed by atoms with Crippen LogP contribution in [0.1, 0.15) is 152 Å². The lowest BCUT2D eigenvalue weighted by Crippen LogP contribution is -2.64. The number of benzene rings is 1. The predicted octanol–water partition coefficient (Wildman–Crippen LogP) is 3.56. The molecular weight excluding hydrogens is 1340 g/mol. The van der Waals surface area contributed by atoms with Crippen molar-refractivity contribution in [2.24, 2.45) is 23.7 Å². The molecule has 12 amide bonds. The third kappa shape index (κ3) is 26.3. The van der Waals surface area contributed by atoms with Gasteiger partial charge < -0.3 is 74.6 Å². The Morgan fingerprint density at radius 1 is 0.627 bits per heavy atom. The number of nitrogens with one attached hydrogen (secondary N) is 3. The normalized spacial score (nSPS) is 23.6. The third-order valence-corrected chi connectivity index (χ3v) is 18.6. The van der Waals surface area contributed by atoms with Gasteiger partial charge in [-0.3, -0.25) is 57.5 Å². The second-order valence-corrected chi connectivity index (χ2v) is 29.9. The van der Waals surface area contributed by atoms with E-state index in [-0.39, 0.29) is 49.2 Å². The summed E-state index contributed by atoms with van der Waals surface area (Å²) in [5.74, 6) is -12.3. The number of ether oxygens (including phenoxy) is 2. The van der Waals surface area contributed by atoms with Crippen molar-refractivity contribution >= 4 is 70.9 Å². The number of rotatable bonds is 19. The molecule has 31 heteroatoms. The molecule has 102 heavy (non-hydrogen) atoms. The number of piperidine rings is 1. The molecule has 2 saturated heterocycles. The fourth-order valence-electron chi connectivity index (χ4n) is 11.9. The van der Waals surface area contributed by atoms with E-state index in [9.17, 15) is 61.4 Å². The van der Waals surface area contributed by atoms with E-state index in [0.717, 1.165) is 53.8 Å². The fourth-order valence-corrected chi connectivity index (χ4v) is 11.9. The molecule has 1 aromatic carbocycles. The Morgan fingerprint density at radius 3 is 1.74 bits per heavy atom. The highest BCUT2D eigenvalue weighted by atomic mass is 19.4. The number of hydrogen-bond acceptors (Lipinski definition) is 15. The highest BCUT2D eigenvalue weighted by Gasteiger charge is 2.45. The summed E-state index contributed by atoms with van der Waals surface area (Å²) in [5, 5.41) is 18.8. The third-order valence-electron chi connectivity index (χ3n) is 18.6. The van der Waals surface area contributed by atoms with Gasteiger partial charge >= 0.3 is 6.18 Å². The van der Waals surface area contributed by atoms with Crippen LogP contribution >= 0.6 is 0 Å². The summed E-state index contributed by atoms with van der Waals surface area (Å²) in [7, 11) is 10.3. The van der Waals surface area contributed by atoms with Gasteiger partial charge in [-0.15, -0.1) is 0 Å². The molecule has 0 bridgehead atoms. The van der Waals surface area contributed by atoms with Crippen molar-refractivity contribution in [2.75, 3.05) is 116 Å². The van der Waals surface area contributed by atoms with Crippen LogP contribution in [0.15, 0.2) is 18.2 Å². The number of aliphatic hydroxyl groups is 1. The lowest BCUT2D eigenvalue weighted by Gasteiger charge is -2.40. The zero-order valence-corrected chi connectivity index (χ0v) is 63.7. The van der Waals surface area contributed by atoms with E-state index in [2.05, 4.69) is 16.0 Å². The molecule has 2 fully saturated rings. The Kier molecular flexibility index (Phi) is 34.2. The van der Waals surface area contributed by atoms with Crippen LogP contribution in [0.5, 0.6) is 0 Å².